The molecule has 2 rings (SSSR count). The molecule has 112 valence electrons. The van der Waals surface area contributed by atoms with Gasteiger partial charge in [0, 0.05) is 22.6 Å². The Hall–Kier alpha value is -1.02. The molecule has 0 saturated carbocycles. The molecule has 0 amide bonds. The van der Waals surface area contributed by atoms with Crippen molar-refractivity contribution in [1.29, 1.82) is 0 Å². The highest BCUT2D eigenvalue weighted by molar-refractivity contribution is 6.32. The molecule has 0 aliphatic carbocycles. The number of halogens is 2. The Labute approximate surface area is 137 Å². The lowest BCUT2D eigenvalue weighted by Crippen LogP contribution is -2.22. The van der Waals surface area contributed by atoms with Gasteiger partial charge in [-0.3, -0.25) is 0 Å². The fraction of sp³-hybridized carbons (Fsp3) is 0.333. The van der Waals surface area contributed by atoms with Crippen LogP contribution in [0.25, 0.3) is 11.1 Å². The first-order chi connectivity index (χ1) is 9.88. The van der Waals surface area contributed by atoms with Gasteiger partial charge in [-0.15, -0.1) is 0 Å². The zero-order valence-electron chi connectivity index (χ0n) is 12.9. The summed E-state index contributed by atoms with van der Waals surface area (Å²) in [6, 6.07) is 10.8. The van der Waals surface area contributed by atoms with E-state index < -0.39 is 0 Å². The predicted octanol–water partition coefficient (Wildman–Crippen LogP) is 5.78. The van der Waals surface area contributed by atoms with Crippen molar-refractivity contribution in [2.24, 2.45) is 0 Å². The number of hydrogen-bond acceptors (Lipinski definition) is 1. The topological polar surface area (TPSA) is 12.0 Å². The first-order valence-electron chi connectivity index (χ1n) is 7.17. The summed E-state index contributed by atoms with van der Waals surface area (Å²) >= 11 is 12.5. The molecule has 0 atom stereocenters. The second-order valence-corrected chi connectivity index (χ2v) is 6.57. The molecule has 3 heteroatoms. The number of nitrogens with one attached hydrogen (secondary N) is 1. The number of aryl methyl sites for hydroxylation is 2. The van der Waals surface area contributed by atoms with Crippen LogP contribution in [0.15, 0.2) is 30.3 Å². The minimum absolute atomic E-state index is 0.434. The smallest absolute Gasteiger partial charge is 0.0451 e. The molecule has 0 heterocycles. The Morgan fingerprint density at radius 2 is 1.67 bits per heavy atom. The maximum absolute atomic E-state index is 6.30. The van der Waals surface area contributed by atoms with Gasteiger partial charge < -0.3 is 5.32 Å². The van der Waals surface area contributed by atoms with Gasteiger partial charge in [0.2, 0.25) is 0 Å². The van der Waals surface area contributed by atoms with Crippen LogP contribution in [-0.2, 0) is 6.54 Å². The zero-order chi connectivity index (χ0) is 15.6. The Balaban J connectivity index is 2.41. The second-order valence-electron chi connectivity index (χ2n) is 5.76. The van der Waals surface area contributed by atoms with Crippen LogP contribution in [0, 0.1) is 13.8 Å². The van der Waals surface area contributed by atoms with Gasteiger partial charge in [0.15, 0.2) is 0 Å². The van der Waals surface area contributed by atoms with E-state index in [2.05, 4.69) is 44.3 Å². The number of benzene rings is 2. The molecule has 0 radical (unpaired) electrons. The summed E-state index contributed by atoms with van der Waals surface area (Å²) in [7, 11) is 0. The third-order valence-electron chi connectivity index (χ3n) is 3.56. The Kier molecular flexibility index (Phi) is 5.32. The van der Waals surface area contributed by atoms with Crippen LogP contribution in [0.1, 0.15) is 30.5 Å². The molecule has 0 aliphatic rings. The van der Waals surface area contributed by atoms with Gasteiger partial charge in [0.1, 0.15) is 0 Å². The lowest BCUT2D eigenvalue weighted by Gasteiger charge is -2.13. The van der Waals surface area contributed by atoms with Gasteiger partial charge in [0.05, 0.1) is 0 Å². The minimum atomic E-state index is 0.434. The van der Waals surface area contributed by atoms with Crippen molar-refractivity contribution in [2.75, 3.05) is 0 Å². The van der Waals surface area contributed by atoms with Gasteiger partial charge in [-0.05, 0) is 65.9 Å². The molecule has 0 aliphatic heterocycles. The van der Waals surface area contributed by atoms with Crippen molar-refractivity contribution in [2.45, 2.75) is 40.3 Å². The highest BCUT2D eigenvalue weighted by Gasteiger charge is 2.09. The fourth-order valence-electron chi connectivity index (χ4n) is 2.28. The van der Waals surface area contributed by atoms with E-state index in [0.29, 0.717) is 6.04 Å². The zero-order valence-corrected chi connectivity index (χ0v) is 14.4. The van der Waals surface area contributed by atoms with Crippen molar-refractivity contribution in [3.8, 4) is 11.1 Å². The summed E-state index contributed by atoms with van der Waals surface area (Å²) in [4.78, 5) is 0. The molecule has 0 spiro atoms. The number of rotatable bonds is 4. The van der Waals surface area contributed by atoms with Gasteiger partial charge in [-0.2, -0.15) is 0 Å². The van der Waals surface area contributed by atoms with Crippen molar-refractivity contribution >= 4 is 23.2 Å². The first-order valence-corrected chi connectivity index (χ1v) is 7.93. The predicted molar refractivity (Wildman–Crippen MR) is 93.3 cm³/mol. The van der Waals surface area contributed by atoms with E-state index in [1.165, 1.54) is 16.7 Å². The van der Waals surface area contributed by atoms with Crippen molar-refractivity contribution in [3.05, 3.63) is 57.1 Å². The SMILES string of the molecule is Cc1cc(-c2ccc(Cl)c(CNC(C)C)c2)c(C)cc1Cl. The lowest BCUT2D eigenvalue weighted by molar-refractivity contribution is 0.589. The molecular weight excluding hydrogens is 301 g/mol. The summed E-state index contributed by atoms with van der Waals surface area (Å²) in [6.07, 6.45) is 0. The lowest BCUT2D eigenvalue weighted by atomic mass is 9.97. The van der Waals surface area contributed by atoms with Crippen LogP contribution < -0.4 is 5.32 Å². The Morgan fingerprint density at radius 3 is 2.33 bits per heavy atom. The Morgan fingerprint density at radius 1 is 0.952 bits per heavy atom. The average Bonchev–Trinajstić information content (AvgIpc) is 2.42. The highest BCUT2D eigenvalue weighted by Crippen LogP contribution is 2.31. The molecule has 0 unspecified atom stereocenters. The van der Waals surface area contributed by atoms with E-state index >= 15 is 0 Å². The van der Waals surface area contributed by atoms with Crippen LogP contribution >= 0.6 is 23.2 Å². The van der Waals surface area contributed by atoms with E-state index in [1.54, 1.807) is 0 Å². The van der Waals surface area contributed by atoms with E-state index in [4.69, 9.17) is 23.2 Å². The molecule has 2 aromatic rings. The molecular formula is C18H21Cl2N. The van der Waals surface area contributed by atoms with Gasteiger partial charge >= 0.3 is 0 Å². The van der Waals surface area contributed by atoms with Crippen molar-refractivity contribution in [1.82, 2.24) is 5.32 Å². The van der Waals surface area contributed by atoms with Crippen LogP contribution in [0.5, 0.6) is 0 Å². The Bertz CT molecular complexity index is 648. The molecule has 0 saturated heterocycles. The maximum atomic E-state index is 6.30. The van der Waals surface area contributed by atoms with E-state index in [0.717, 1.165) is 27.7 Å². The summed E-state index contributed by atoms with van der Waals surface area (Å²) in [5.74, 6) is 0. The quantitative estimate of drug-likeness (QED) is 0.753. The monoisotopic (exact) mass is 321 g/mol. The first kappa shape index (κ1) is 16.4. The largest absolute Gasteiger partial charge is 0.310 e. The second kappa shape index (κ2) is 6.83. The minimum Gasteiger partial charge on any atom is -0.310 e. The molecule has 0 bridgehead atoms. The van der Waals surface area contributed by atoms with Gasteiger partial charge in [-0.25, -0.2) is 0 Å². The van der Waals surface area contributed by atoms with E-state index in [1.807, 2.05) is 19.1 Å². The normalized spacial score (nSPS) is 11.2. The fourth-order valence-corrected chi connectivity index (χ4v) is 2.69. The summed E-state index contributed by atoms with van der Waals surface area (Å²) in [5, 5.41) is 5.02. The molecule has 2 aromatic carbocycles. The van der Waals surface area contributed by atoms with E-state index in [9.17, 15) is 0 Å². The molecule has 1 nitrogen and oxygen atoms in total. The van der Waals surface area contributed by atoms with Crippen molar-refractivity contribution < 1.29 is 0 Å². The highest BCUT2D eigenvalue weighted by atomic mass is 35.5. The molecule has 21 heavy (non-hydrogen) atoms. The van der Waals surface area contributed by atoms with E-state index in [-0.39, 0.29) is 0 Å². The molecule has 1 N–H and O–H groups in total. The molecule has 0 aromatic heterocycles. The van der Waals surface area contributed by atoms with Crippen LogP contribution in [0.4, 0.5) is 0 Å². The number of hydrogen-bond donors (Lipinski definition) is 1. The van der Waals surface area contributed by atoms with Crippen LogP contribution in [0.2, 0.25) is 10.0 Å². The maximum Gasteiger partial charge on any atom is 0.0451 e. The third kappa shape index (κ3) is 4.00. The summed E-state index contributed by atoms with van der Waals surface area (Å²) in [5.41, 5.74) is 5.77. The summed E-state index contributed by atoms with van der Waals surface area (Å²) < 4.78 is 0. The summed E-state index contributed by atoms with van der Waals surface area (Å²) in [6.45, 7) is 9.15. The van der Waals surface area contributed by atoms with Crippen LogP contribution in [0.3, 0.4) is 0 Å². The van der Waals surface area contributed by atoms with Crippen LogP contribution in [-0.4, -0.2) is 6.04 Å². The van der Waals surface area contributed by atoms with Gasteiger partial charge in [-0.1, -0.05) is 43.1 Å². The van der Waals surface area contributed by atoms with Gasteiger partial charge in [0.25, 0.3) is 0 Å². The van der Waals surface area contributed by atoms with Crippen molar-refractivity contribution in [3.63, 3.8) is 0 Å². The standard InChI is InChI=1S/C18H21Cl2N/c1-11(2)21-10-15-9-14(5-6-17(15)19)16-7-13(4)18(20)8-12(16)3/h5-9,11,21H,10H2,1-4H3. The third-order valence-corrected chi connectivity index (χ3v) is 4.34. The average molecular weight is 322 g/mol. The molecule has 0 fully saturated rings.